The van der Waals surface area contributed by atoms with E-state index in [4.69, 9.17) is 9.57 Å². The van der Waals surface area contributed by atoms with Gasteiger partial charge < -0.3 is 14.9 Å². The van der Waals surface area contributed by atoms with Gasteiger partial charge in [-0.2, -0.15) is 0 Å². The second-order valence-electron chi connectivity index (χ2n) is 5.63. The van der Waals surface area contributed by atoms with Gasteiger partial charge in [-0.25, -0.2) is 0 Å². The van der Waals surface area contributed by atoms with Crippen molar-refractivity contribution in [1.82, 2.24) is 5.32 Å². The van der Waals surface area contributed by atoms with Crippen LogP contribution in [0.5, 0.6) is 5.75 Å². The Labute approximate surface area is 131 Å². The maximum absolute atomic E-state index is 5.28. The van der Waals surface area contributed by atoms with Gasteiger partial charge in [0.25, 0.3) is 0 Å². The van der Waals surface area contributed by atoms with Crippen LogP contribution < -0.4 is 10.1 Å². The maximum Gasteiger partial charge on any atom is 0.119 e. The highest BCUT2D eigenvalue weighted by Crippen LogP contribution is 2.25. The van der Waals surface area contributed by atoms with E-state index in [-0.39, 0.29) is 0 Å². The molecule has 0 radical (unpaired) electrons. The van der Waals surface area contributed by atoms with E-state index in [2.05, 4.69) is 40.8 Å². The van der Waals surface area contributed by atoms with E-state index < -0.39 is 0 Å². The van der Waals surface area contributed by atoms with E-state index in [0.717, 1.165) is 36.5 Å². The highest BCUT2D eigenvalue weighted by Gasteiger charge is 2.21. The minimum atomic E-state index is 0.407. The molecule has 4 nitrogen and oxygen atoms in total. The van der Waals surface area contributed by atoms with Crippen LogP contribution in [-0.2, 0) is 4.84 Å². The lowest BCUT2D eigenvalue weighted by Gasteiger charge is -2.24. The number of ether oxygens (including phenoxy) is 1. The van der Waals surface area contributed by atoms with Crippen molar-refractivity contribution in [3.63, 3.8) is 0 Å². The summed E-state index contributed by atoms with van der Waals surface area (Å²) in [6.45, 7) is 2.05. The lowest BCUT2D eigenvalue weighted by molar-refractivity contribution is 0.210. The summed E-state index contributed by atoms with van der Waals surface area (Å²) in [6.07, 6.45) is 2.33. The molecule has 3 rings (SSSR count). The van der Waals surface area contributed by atoms with Crippen molar-refractivity contribution in [2.24, 2.45) is 11.1 Å². The van der Waals surface area contributed by atoms with Gasteiger partial charge in [-0.1, -0.05) is 23.4 Å². The van der Waals surface area contributed by atoms with Gasteiger partial charge in [-0.15, -0.1) is 0 Å². The molecular weight excluding hydrogens is 276 g/mol. The molecule has 0 spiro atoms. The average Bonchev–Trinajstić information content (AvgIpc) is 2.59. The molecule has 22 heavy (non-hydrogen) atoms. The fourth-order valence-corrected chi connectivity index (χ4v) is 3.06. The number of fused-ring (bicyclic) bond motifs is 1. The van der Waals surface area contributed by atoms with Gasteiger partial charge >= 0.3 is 0 Å². The van der Waals surface area contributed by atoms with Crippen LogP contribution in [0.3, 0.4) is 0 Å². The molecule has 1 heterocycles. The Balaban J connectivity index is 1.97. The molecule has 4 heteroatoms. The fourth-order valence-electron chi connectivity index (χ4n) is 3.06. The van der Waals surface area contributed by atoms with Gasteiger partial charge in [0.15, 0.2) is 0 Å². The van der Waals surface area contributed by atoms with Crippen LogP contribution in [-0.4, -0.2) is 33.0 Å². The molecule has 0 amide bonds. The van der Waals surface area contributed by atoms with Gasteiger partial charge in [0.1, 0.15) is 12.9 Å². The summed E-state index contributed by atoms with van der Waals surface area (Å²) in [5.74, 6) is 1.28. The summed E-state index contributed by atoms with van der Waals surface area (Å²) in [7, 11) is 3.30. The topological polar surface area (TPSA) is 42.9 Å². The number of oxime groups is 1. The van der Waals surface area contributed by atoms with E-state index in [0.29, 0.717) is 5.92 Å². The third kappa shape index (κ3) is 3.07. The van der Waals surface area contributed by atoms with Gasteiger partial charge in [-0.3, -0.25) is 0 Å². The van der Waals surface area contributed by atoms with Crippen molar-refractivity contribution < 1.29 is 9.57 Å². The van der Waals surface area contributed by atoms with E-state index in [9.17, 15) is 0 Å². The number of hydrogen-bond donors (Lipinski definition) is 1. The third-order valence-corrected chi connectivity index (χ3v) is 4.22. The molecule has 1 aliphatic rings. The summed E-state index contributed by atoms with van der Waals surface area (Å²) in [5, 5.41) is 10.1. The first-order valence-electron chi connectivity index (χ1n) is 7.72. The van der Waals surface area contributed by atoms with Crippen LogP contribution in [0.4, 0.5) is 0 Å². The zero-order valence-corrected chi connectivity index (χ0v) is 13.1. The van der Waals surface area contributed by atoms with Crippen molar-refractivity contribution in [3.8, 4) is 5.75 Å². The first-order chi connectivity index (χ1) is 10.8. The van der Waals surface area contributed by atoms with Gasteiger partial charge in [0.05, 0.1) is 12.8 Å². The Bertz CT molecular complexity index is 676. The minimum absolute atomic E-state index is 0.407. The SMILES string of the molecule is CON=C(c1ccc2cc(OC)ccc2c1)C1CCCNC1. The van der Waals surface area contributed by atoms with Crippen LogP contribution in [0.15, 0.2) is 41.6 Å². The monoisotopic (exact) mass is 298 g/mol. The molecule has 0 bridgehead atoms. The van der Waals surface area contributed by atoms with Crippen molar-refractivity contribution in [2.45, 2.75) is 12.8 Å². The Morgan fingerprint density at radius 3 is 2.68 bits per heavy atom. The zero-order valence-electron chi connectivity index (χ0n) is 13.1. The summed E-state index contributed by atoms with van der Waals surface area (Å²) in [4.78, 5) is 5.10. The standard InChI is InChI=1S/C18H22N2O2/c1-21-17-8-7-13-10-15(6-5-14(13)11-17)18(20-22-2)16-4-3-9-19-12-16/h5-8,10-11,16,19H,3-4,9,12H2,1-2H3. The Morgan fingerprint density at radius 1 is 1.14 bits per heavy atom. The second kappa shape index (κ2) is 6.79. The Morgan fingerprint density at radius 2 is 1.95 bits per heavy atom. The molecule has 0 aliphatic carbocycles. The van der Waals surface area contributed by atoms with Crippen LogP contribution in [0.2, 0.25) is 0 Å². The number of benzene rings is 2. The smallest absolute Gasteiger partial charge is 0.119 e. The molecule has 1 N–H and O–H groups in total. The van der Waals surface area contributed by atoms with Crippen LogP contribution >= 0.6 is 0 Å². The molecule has 1 aliphatic heterocycles. The van der Waals surface area contributed by atoms with Crippen molar-refractivity contribution in [3.05, 3.63) is 42.0 Å². The quantitative estimate of drug-likeness (QED) is 0.696. The second-order valence-corrected chi connectivity index (χ2v) is 5.63. The number of hydrogen-bond acceptors (Lipinski definition) is 4. The Hall–Kier alpha value is -2.07. The van der Waals surface area contributed by atoms with E-state index in [1.165, 1.54) is 17.2 Å². The van der Waals surface area contributed by atoms with E-state index >= 15 is 0 Å². The molecule has 1 unspecified atom stereocenters. The van der Waals surface area contributed by atoms with Crippen LogP contribution in [0.1, 0.15) is 18.4 Å². The average molecular weight is 298 g/mol. The fraction of sp³-hybridized carbons (Fsp3) is 0.389. The number of piperidine rings is 1. The van der Waals surface area contributed by atoms with Crippen LogP contribution in [0, 0.1) is 5.92 Å². The molecule has 0 aromatic heterocycles. The summed E-state index contributed by atoms with van der Waals surface area (Å²) >= 11 is 0. The molecule has 1 atom stereocenters. The van der Waals surface area contributed by atoms with Gasteiger partial charge in [-0.05, 0) is 48.4 Å². The highest BCUT2D eigenvalue weighted by atomic mass is 16.6. The number of rotatable bonds is 4. The summed E-state index contributed by atoms with van der Waals surface area (Å²) in [6, 6.07) is 12.5. The molecule has 1 fully saturated rings. The number of nitrogens with zero attached hydrogens (tertiary/aromatic N) is 1. The summed E-state index contributed by atoms with van der Waals surface area (Å²) in [5.41, 5.74) is 2.17. The van der Waals surface area contributed by atoms with E-state index in [1.54, 1.807) is 14.2 Å². The molecule has 0 saturated carbocycles. The predicted octanol–water partition coefficient (Wildman–Crippen LogP) is 3.20. The van der Waals surface area contributed by atoms with E-state index in [1.807, 2.05) is 6.07 Å². The van der Waals surface area contributed by atoms with Crippen molar-refractivity contribution in [2.75, 3.05) is 27.3 Å². The normalized spacial score (nSPS) is 19.2. The lowest BCUT2D eigenvalue weighted by atomic mass is 9.89. The molecule has 1 saturated heterocycles. The van der Waals surface area contributed by atoms with Gasteiger partial charge in [0.2, 0.25) is 0 Å². The summed E-state index contributed by atoms with van der Waals surface area (Å²) < 4.78 is 5.28. The van der Waals surface area contributed by atoms with Crippen molar-refractivity contribution in [1.29, 1.82) is 0 Å². The first-order valence-corrected chi connectivity index (χ1v) is 7.72. The van der Waals surface area contributed by atoms with Crippen LogP contribution in [0.25, 0.3) is 10.8 Å². The largest absolute Gasteiger partial charge is 0.497 e. The minimum Gasteiger partial charge on any atom is -0.497 e. The Kier molecular flexibility index (Phi) is 4.59. The number of methoxy groups -OCH3 is 1. The predicted molar refractivity (Wildman–Crippen MR) is 89.6 cm³/mol. The molecule has 2 aromatic rings. The number of nitrogens with one attached hydrogen (secondary N) is 1. The maximum atomic E-state index is 5.28. The third-order valence-electron chi connectivity index (χ3n) is 4.22. The zero-order chi connectivity index (χ0) is 15.4. The van der Waals surface area contributed by atoms with Crippen molar-refractivity contribution >= 4 is 16.5 Å². The van der Waals surface area contributed by atoms with Gasteiger partial charge in [0, 0.05) is 18.0 Å². The lowest BCUT2D eigenvalue weighted by Crippen LogP contribution is -2.35. The molecular formula is C18H22N2O2. The molecule has 116 valence electrons. The highest BCUT2D eigenvalue weighted by molar-refractivity contribution is 6.04. The first kappa shape index (κ1) is 14.9. The molecule has 2 aromatic carbocycles.